The molecule has 0 aliphatic carbocycles. The molecule has 0 spiro atoms. The molecule has 0 heterocycles. The van der Waals surface area contributed by atoms with Crippen LogP contribution in [0.3, 0.4) is 0 Å². The number of carbonyl (C=O) groups excluding carboxylic acids is 1. The average Bonchev–Trinajstić information content (AvgIpc) is 2.39. The number of carbonyl (C=O) groups is 1. The lowest BCUT2D eigenvalue weighted by Gasteiger charge is -2.24. The Balaban J connectivity index is 3.14. The van der Waals surface area contributed by atoms with E-state index < -0.39 is 12.2 Å². The Morgan fingerprint density at radius 1 is 1.24 bits per heavy atom. The van der Waals surface area contributed by atoms with Gasteiger partial charge in [0.15, 0.2) is 6.29 Å². The van der Waals surface area contributed by atoms with E-state index in [1.165, 1.54) is 7.11 Å². The molecule has 0 aromatic heterocycles. The molecule has 1 rings (SSSR count). The summed E-state index contributed by atoms with van der Waals surface area (Å²) in [4.78, 5) is 12.1. The fourth-order valence-corrected chi connectivity index (χ4v) is 2.08. The zero-order valence-electron chi connectivity index (χ0n) is 14.0. The third kappa shape index (κ3) is 4.21. The predicted octanol–water partition coefficient (Wildman–Crippen LogP) is 3.64. The van der Waals surface area contributed by atoms with E-state index in [0.29, 0.717) is 0 Å². The number of aryl methyl sites for hydroxylation is 1. The fraction of sp³-hybridized carbons (Fsp3) is 0.588. The Bertz CT molecular complexity index is 514. The van der Waals surface area contributed by atoms with Gasteiger partial charge in [-0.05, 0) is 42.9 Å². The third-order valence-electron chi connectivity index (χ3n) is 3.60. The van der Waals surface area contributed by atoms with E-state index in [0.717, 1.165) is 16.7 Å². The molecule has 0 saturated carbocycles. The number of phenols is 1. The summed E-state index contributed by atoms with van der Waals surface area (Å²) in [5.41, 5.74) is 2.23. The second kappa shape index (κ2) is 6.48. The smallest absolute Gasteiger partial charge is 0.315 e. The van der Waals surface area contributed by atoms with E-state index >= 15 is 0 Å². The van der Waals surface area contributed by atoms with Crippen LogP contribution in [-0.2, 0) is 19.7 Å². The summed E-state index contributed by atoms with van der Waals surface area (Å²) < 4.78 is 10.1. The van der Waals surface area contributed by atoms with Crippen LogP contribution < -0.4 is 0 Å². The number of phenolic OH excluding ortho intramolecular Hbond substituents is 1. The molecule has 2 atom stereocenters. The summed E-state index contributed by atoms with van der Waals surface area (Å²) in [5.74, 6) is -0.464. The summed E-state index contributed by atoms with van der Waals surface area (Å²) in [6.45, 7) is 11.4. The maximum absolute atomic E-state index is 12.1. The number of esters is 1. The van der Waals surface area contributed by atoms with Gasteiger partial charge in [0.05, 0.1) is 5.92 Å². The van der Waals surface area contributed by atoms with Gasteiger partial charge in [0.1, 0.15) is 5.75 Å². The quantitative estimate of drug-likeness (QED) is 0.680. The molecule has 0 aliphatic rings. The van der Waals surface area contributed by atoms with Crippen molar-refractivity contribution in [3.05, 3.63) is 28.8 Å². The lowest BCUT2D eigenvalue weighted by Crippen LogP contribution is -2.21. The van der Waals surface area contributed by atoms with Crippen LogP contribution in [0.5, 0.6) is 5.75 Å². The normalized spacial score (nSPS) is 14.6. The van der Waals surface area contributed by atoms with E-state index in [4.69, 9.17) is 9.47 Å². The standard InChI is InChI=1S/C17H26O4/c1-10-8-13(9-14(15(10)18)17(4,5)6)11(2)16(19)21-12(3)20-7/h8-9,11-12,18H,1-7H3. The molecule has 1 aromatic rings. The van der Waals surface area contributed by atoms with Crippen LogP contribution in [0.2, 0.25) is 0 Å². The van der Waals surface area contributed by atoms with Crippen molar-refractivity contribution in [2.75, 3.05) is 7.11 Å². The van der Waals surface area contributed by atoms with Crippen LogP contribution in [0.4, 0.5) is 0 Å². The first-order valence-electron chi connectivity index (χ1n) is 7.15. The van der Waals surface area contributed by atoms with E-state index in [9.17, 15) is 9.90 Å². The highest BCUT2D eigenvalue weighted by molar-refractivity contribution is 5.78. The highest BCUT2D eigenvalue weighted by atomic mass is 16.7. The van der Waals surface area contributed by atoms with Crippen molar-refractivity contribution in [3.8, 4) is 5.75 Å². The molecule has 4 heteroatoms. The molecule has 21 heavy (non-hydrogen) atoms. The molecule has 118 valence electrons. The molecule has 1 aromatic carbocycles. The molecule has 0 aliphatic heterocycles. The molecule has 0 radical (unpaired) electrons. The van der Waals surface area contributed by atoms with Gasteiger partial charge in [0.25, 0.3) is 0 Å². The fourth-order valence-electron chi connectivity index (χ4n) is 2.08. The molecule has 0 fully saturated rings. The van der Waals surface area contributed by atoms with Crippen LogP contribution in [-0.4, -0.2) is 24.5 Å². The first-order valence-corrected chi connectivity index (χ1v) is 7.15. The van der Waals surface area contributed by atoms with Crippen molar-refractivity contribution in [2.45, 2.75) is 59.2 Å². The van der Waals surface area contributed by atoms with Gasteiger partial charge in [-0.2, -0.15) is 0 Å². The topological polar surface area (TPSA) is 55.8 Å². The van der Waals surface area contributed by atoms with Crippen LogP contribution in [0.15, 0.2) is 12.1 Å². The molecule has 0 saturated heterocycles. The SMILES string of the molecule is COC(C)OC(=O)C(C)c1cc(C)c(O)c(C(C)(C)C)c1. The van der Waals surface area contributed by atoms with Crippen LogP contribution >= 0.6 is 0 Å². The second-order valence-electron chi connectivity index (χ2n) is 6.45. The Labute approximate surface area is 127 Å². The zero-order chi connectivity index (χ0) is 16.4. The lowest BCUT2D eigenvalue weighted by atomic mass is 9.82. The maximum Gasteiger partial charge on any atom is 0.315 e. The Morgan fingerprint density at radius 3 is 2.29 bits per heavy atom. The van der Waals surface area contributed by atoms with Crippen LogP contribution in [0.25, 0.3) is 0 Å². The first-order chi connectivity index (χ1) is 9.57. The number of hydrogen-bond donors (Lipinski definition) is 1. The largest absolute Gasteiger partial charge is 0.507 e. The molecule has 4 nitrogen and oxygen atoms in total. The van der Waals surface area contributed by atoms with Gasteiger partial charge in [-0.3, -0.25) is 4.79 Å². The molecule has 0 amide bonds. The van der Waals surface area contributed by atoms with Crippen molar-refractivity contribution in [2.24, 2.45) is 0 Å². The van der Waals surface area contributed by atoms with Gasteiger partial charge in [-0.15, -0.1) is 0 Å². The molecular formula is C17H26O4. The summed E-state index contributed by atoms with van der Waals surface area (Å²) in [7, 11) is 1.49. The van der Waals surface area contributed by atoms with Gasteiger partial charge in [-0.25, -0.2) is 0 Å². The number of benzene rings is 1. The summed E-state index contributed by atoms with van der Waals surface area (Å²) in [6, 6.07) is 3.71. The maximum atomic E-state index is 12.1. The Hall–Kier alpha value is -1.55. The van der Waals surface area contributed by atoms with Crippen molar-refractivity contribution in [1.29, 1.82) is 0 Å². The summed E-state index contributed by atoms with van der Waals surface area (Å²) in [6.07, 6.45) is -0.569. The minimum atomic E-state index is -0.569. The molecule has 0 bridgehead atoms. The predicted molar refractivity (Wildman–Crippen MR) is 82.5 cm³/mol. The monoisotopic (exact) mass is 294 g/mol. The van der Waals surface area contributed by atoms with Crippen molar-refractivity contribution >= 4 is 5.97 Å². The Kier molecular flexibility index (Phi) is 5.40. The number of aromatic hydroxyl groups is 1. The van der Waals surface area contributed by atoms with Gasteiger partial charge in [0, 0.05) is 7.11 Å². The van der Waals surface area contributed by atoms with E-state index in [-0.39, 0.29) is 17.1 Å². The van der Waals surface area contributed by atoms with Crippen LogP contribution in [0.1, 0.15) is 57.2 Å². The average molecular weight is 294 g/mol. The zero-order valence-corrected chi connectivity index (χ0v) is 14.0. The highest BCUT2D eigenvalue weighted by Crippen LogP contribution is 2.36. The van der Waals surface area contributed by atoms with Gasteiger partial charge in [0.2, 0.25) is 0 Å². The molecular weight excluding hydrogens is 268 g/mol. The molecule has 1 N–H and O–H groups in total. The van der Waals surface area contributed by atoms with E-state index in [1.54, 1.807) is 13.8 Å². The summed E-state index contributed by atoms with van der Waals surface area (Å²) in [5, 5.41) is 10.2. The molecule has 2 unspecified atom stereocenters. The van der Waals surface area contributed by atoms with Crippen molar-refractivity contribution in [1.82, 2.24) is 0 Å². The lowest BCUT2D eigenvalue weighted by molar-refractivity contribution is -0.171. The minimum absolute atomic E-state index is 0.200. The van der Waals surface area contributed by atoms with E-state index in [1.807, 2.05) is 39.8 Å². The van der Waals surface area contributed by atoms with Gasteiger partial charge >= 0.3 is 5.97 Å². The third-order valence-corrected chi connectivity index (χ3v) is 3.60. The second-order valence-corrected chi connectivity index (χ2v) is 6.45. The first kappa shape index (κ1) is 17.5. The van der Waals surface area contributed by atoms with Crippen LogP contribution in [0, 0.1) is 6.92 Å². The highest BCUT2D eigenvalue weighted by Gasteiger charge is 2.25. The van der Waals surface area contributed by atoms with E-state index in [2.05, 4.69) is 0 Å². The summed E-state index contributed by atoms with van der Waals surface area (Å²) >= 11 is 0. The number of methoxy groups -OCH3 is 1. The minimum Gasteiger partial charge on any atom is -0.507 e. The number of rotatable bonds is 4. The van der Waals surface area contributed by atoms with Gasteiger partial charge in [-0.1, -0.05) is 32.9 Å². The van der Waals surface area contributed by atoms with Crippen molar-refractivity contribution in [3.63, 3.8) is 0 Å². The Morgan fingerprint density at radius 2 is 1.81 bits per heavy atom. The van der Waals surface area contributed by atoms with Crippen molar-refractivity contribution < 1.29 is 19.4 Å². The van der Waals surface area contributed by atoms with Gasteiger partial charge < -0.3 is 14.6 Å². The number of ether oxygens (including phenoxy) is 2. The number of hydrogen-bond acceptors (Lipinski definition) is 4.